The lowest BCUT2D eigenvalue weighted by Crippen LogP contribution is -2.50. The Morgan fingerprint density at radius 2 is 2.29 bits per heavy atom. The van der Waals surface area contributed by atoms with E-state index in [0.29, 0.717) is 5.75 Å². The number of thioether (sulfide) groups is 2. The van der Waals surface area contributed by atoms with Gasteiger partial charge >= 0.3 is 0 Å². The third-order valence-corrected chi connectivity index (χ3v) is 5.58. The van der Waals surface area contributed by atoms with Crippen molar-refractivity contribution in [1.29, 1.82) is 0 Å². The fourth-order valence-electron chi connectivity index (χ4n) is 2.11. The molecule has 1 saturated heterocycles. The van der Waals surface area contributed by atoms with Gasteiger partial charge in [0.2, 0.25) is 0 Å². The van der Waals surface area contributed by atoms with Crippen LogP contribution < -0.4 is 5.11 Å². The zero-order valence-electron chi connectivity index (χ0n) is 12.5. The summed E-state index contributed by atoms with van der Waals surface area (Å²) >= 11 is 13.5. The van der Waals surface area contributed by atoms with Crippen molar-refractivity contribution in [1.82, 2.24) is 4.90 Å². The molecule has 0 aromatic heterocycles. The average molecular weight is 405 g/mol. The number of aliphatic carboxylic acids is 1. The van der Waals surface area contributed by atoms with Gasteiger partial charge in [0, 0.05) is 5.56 Å². The molecule has 1 atom stereocenters. The Bertz CT molecular complexity index is 706. The van der Waals surface area contributed by atoms with Gasteiger partial charge in [0.25, 0.3) is 5.91 Å². The summed E-state index contributed by atoms with van der Waals surface area (Å²) in [6, 6.07) is 3.03. The van der Waals surface area contributed by atoms with Gasteiger partial charge in [0.05, 0.1) is 21.9 Å². The van der Waals surface area contributed by atoms with Crippen LogP contribution in [0.15, 0.2) is 23.1 Å². The molecule has 1 aliphatic rings. The van der Waals surface area contributed by atoms with Crippen LogP contribution in [-0.4, -0.2) is 39.1 Å². The zero-order valence-corrected chi connectivity index (χ0v) is 15.7. The van der Waals surface area contributed by atoms with E-state index in [1.165, 1.54) is 36.0 Å². The molecule has 1 aliphatic heterocycles. The molecule has 1 heterocycles. The monoisotopic (exact) mass is 404 g/mol. The Hall–Kier alpha value is -1.09. The molecule has 128 valence electrons. The van der Waals surface area contributed by atoms with E-state index in [4.69, 9.17) is 23.8 Å². The second-order valence-corrected chi connectivity index (χ2v) is 7.87. The quantitative estimate of drug-likeness (QED) is 0.536. The number of halogens is 2. The molecule has 0 radical (unpaired) electrons. The minimum atomic E-state index is -1.37. The van der Waals surface area contributed by atoms with Crippen molar-refractivity contribution in [2.75, 3.05) is 12.0 Å². The van der Waals surface area contributed by atoms with Gasteiger partial charge in [-0.1, -0.05) is 41.6 Å². The number of carboxylic acid groups (broad SMARTS) is 1. The summed E-state index contributed by atoms with van der Waals surface area (Å²) in [4.78, 5) is 25.1. The summed E-state index contributed by atoms with van der Waals surface area (Å²) < 4.78 is 14.0. The van der Waals surface area contributed by atoms with E-state index < -0.39 is 23.7 Å². The summed E-state index contributed by atoms with van der Waals surface area (Å²) in [5, 5.41) is 11.5. The maximum absolute atomic E-state index is 13.9. The largest absolute Gasteiger partial charge is 0.548 e. The van der Waals surface area contributed by atoms with Crippen LogP contribution in [0.25, 0.3) is 6.08 Å². The maximum Gasteiger partial charge on any atom is 0.266 e. The fraction of sp³-hybridized carbons (Fsp3) is 0.267. The number of carbonyl (C=O) groups is 2. The van der Waals surface area contributed by atoms with Crippen molar-refractivity contribution in [2.24, 2.45) is 0 Å². The van der Waals surface area contributed by atoms with E-state index in [1.807, 2.05) is 6.26 Å². The van der Waals surface area contributed by atoms with Gasteiger partial charge in [-0.25, -0.2) is 4.39 Å². The van der Waals surface area contributed by atoms with Crippen molar-refractivity contribution in [2.45, 2.75) is 12.5 Å². The van der Waals surface area contributed by atoms with Crippen molar-refractivity contribution < 1.29 is 19.1 Å². The second kappa shape index (κ2) is 8.33. The van der Waals surface area contributed by atoms with Gasteiger partial charge in [0.1, 0.15) is 10.1 Å². The lowest BCUT2D eigenvalue weighted by Gasteiger charge is -2.27. The van der Waals surface area contributed by atoms with Crippen LogP contribution in [0.3, 0.4) is 0 Å². The van der Waals surface area contributed by atoms with E-state index in [2.05, 4.69) is 0 Å². The highest BCUT2D eigenvalue weighted by molar-refractivity contribution is 8.26. The van der Waals surface area contributed by atoms with Crippen LogP contribution >= 0.6 is 47.3 Å². The molecule has 2 rings (SSSR count). The molecule has 9 heteroatoms. The van der Waals surface area contributed by atoms with Crippen molar-refractivity contribution in [3.8, 4) is 0 Å². The average Bonchev–Trinajstić information content (AvgIpc) is 2.79. The van der Waals surface area contributed by atoms with Gasteiger partial charge in [0.15, 0.2) is 0 Å². The first-order valence-electron chi connectivity index (χ1n) is 6.77. The van der Waals surface area contributed by atoms with Crippen molar-refractivity contribution in [3.05, 3.63) is 39.5 Å². The van der Waals surface area contributed by atoms with E-state index in [0.717, 1.165) is 16.7 Å². The number of benzene rings is 1. The number of rotatable bonds is 6. The molecule has 24 heavy (non-hydrogen) atoms. The van der Waals surface area contributed by atoms with Gasteiger partial charge in [-0.05, 0) is 36.6 Å². The minimum absolute atomic E-state index is 0.0637. The number of nitrogens with zero attached hydrogens (tertiary/aromatic N) is 1. The Balaban J connectivity index is 2.34. The second-order valence-electron chi connectivity index (χ2n) is 4.80. The van der Waals surface area contributed by atoms with E-state index >= 15 is 0 Å². The van der Waals surface area contributed by atoms with E-state index in [9.17, 15) is 19.1 Å². The summed E-state index contributed by atoms with van der Waals surface area (Å²) in [6.45, 7) is 0. The predicted molar refractivity (Wildman–Crippen MR) is 98.2 cm³/mol. The first-order chi connectivity index (χ1) is 11.4. The number of carboxylic acids is 1. The molecular weight excluding hydrogens is 393 g/mol. The van der Waals surface area contributed by atoms with Crippen LogP contribution in [0, 0.1) is 5.82 Å². The molecule has 0 spiro atoms. The molecule has 1 fully saturated rings. The molecule has 0 N–H and O–H groups in total. The molecule has 1 aromatic rings. The predicted octanol–water partition coefficient (Wildman–Crippen LogP) is 2.55. The maximum atomic E-state index is 13.9. The minimum Gasteiger partial charge on any atom is -0.548 e. The molecule has 0 aliphatic carbocycles. The third-order valence-electron chi connectivity index (χ3n) is 3.28. The highest BCUT2D eigenvalue weighted by atomic mass is 35.5. The topological polar surface area (TPSA) is 60.4 Å². The number of hydrogen-bond acceptors (Lipinski definition) is 6. The molecular formula is C15H12ClFNO3S3-. The Morgan fingerprint density at radius 1 is 1.58 bits per heavy atom. The highest BCUT2D eigenvalue weighted by Gasteiger charge is 2.37. The molecule has 1 amide bonds. The van der Waals surface area contributed by atoms with Crippen LogP contribution in [0.1, 0.15) is 12.0 Å². The van der Waals surface area contributed by atoms with Crippen LogP contribution in [-0.2, 0) is 9.59 Å². The molecule has 0 unspecified atom stereocenters. The van der Waals surface area contributed by atoms with Crippen molar-refractivity contribution in [3.63, 3.8) is 0 Å². The number of hydrogen-bond donors (Lipinski definition) is 0. The standard InChI is InChI=1S/C15H13ClFNO3S3/c1-23-6-5-11(14(20)21)18-13(19)12(24-15(18)22)7-8-9(16)3-2-4-10(8)17/h2-4,7,11H,5-6H2,1H3,(H,20,21)/p-1/b12-7-/t11-/m1/s1. The van der Waals surface area contributed by atoms with Crippen LogP contribution in [0.2, 0.25) is 5.02 Å². The Kier molecular flexibility index (Phi) is 6.68. The first-order valence-corrected chi connectivity index (χ1v) is 9.77. The fourth-order valence-corrected chi connectivity index (χ4v) is 4.13. The Morgan fingerprint density at radius 3 is 2.88 bits per heavy atom. The van der Waals surface area contributed by atoms with Gasteiger partial charge in [-0.2, -0.15) is 11.8 Å². The first kappa shape index (κ1) is 19.2. The van der Waals surface area contributed by atoms with E-state index in [-0.39, 0.29) is 26.2 Å². The summed E-state index contributed by atoms with van der Waals surface area (Å²) in [5.41, 5.74) is 0.0637. The van der Waals surface area contributed by atoms with Gasteiger partial charge in [-0.3, -0.25) is 9.69 Å². The van der Waals surface area contributed by atoms with Crippen LogP contribution in [0.4, 0.5) is 4.39 Å². The molecule has 0 saturated carbocycles. The Labute approximate surface area is 157 Å². The molecule has 1 aromatic carbocycles. The molecule has 4 nitrogen and oxygen atoms in total. The third kappa shape index (κ3) is 4.11. The van der Waals surface area contributed by atoms with Gasteiger partial charge < -0.3 is 9.90 Å². The SMILES string of the molecule is CSCC[C@H](C(=O)[O-])N1C(=O)/C(=C/c2c(F)cccc2Cl)SC1=S. The number of thiocarbonyl (C=S) groups is 1. The van der Waals surface area contributed by atoms with E-state index in [1.54, 1.807) is 0 Å². The summed E-state index contributed by atoms with van der Waals surface area (Å²) in [6.07, 6.45) is 3.33. The lowest BCUT2D eigenvalue weighted by molar-refractivity contribution is -0.310. The summed E-state index contributed by atoms with van der Waals surface area (Å²) in [7, 11) is 0. The normalized spacial score (nSPS) is 17.6. The number of carbonyl (C=O) groups excluding carboxylic acids is 2. The zero-order chi connectivity index (χ0) is 17.9. The molecule has 0 bridgehead atoms. The van der Waals surface area contributed by atoms with Crippen LogP contribution in [0.5, 0.6) is 0 Å². The summed E-state index contributed by atoms with van der Waals surface area (Å²) in [5.74, 6) is -2.00. The highest BCUT2D eigenvalue weighted by Crippen LogP contribution is 2.36. The van der Waals surface area contributed by atoms with Gasteiger partial charge in [-0.15, -0.1) is 0 Å². The lowest BCUT2D eigenvalue weighted by atomic mass is 10.1. The smallest absolute Gasteiger partial charge is 0.266 e. The van der Waals surface area contributed by atoms with Crippen molar-refractivity contribution >= 4 is 69.6 Å². The number of amides is 1.